The maximum absolute atomic E-state index is 12.7. The SMILES string of the molecule is COc1cc(C(=O)NCC(C)N(C)c2ccccc2)cc(OC)c1OCC(N)=O. The second kappa shape index (κ2) is 10.2. The zero-order valence-corrected chi connectivity index (χ0v) is 17.1. The highest BCUT2D eigenvalue weighted by molar-refractivity contribution is 5.95. The first-order valence-corrected chi connectivity index (χ1v) is 9.10. The fourth-order valence-corrected chi connectivity index (χ4v) is 2.69. The van der Waals surface area contributed by atoms with E-state index in [1.807, 2.05) is 44.3 Å². The number of hydrogen-bond acceptors (Lipinski definition) is 6. The van der Waals surface area contributed by atoms with Gasteiger partial charge in [0.15, 0.2) is 18.1 Å². The van der Waals surface area contributed by atoms with Crippen molar-refractivity contribution in [3.63, 3.8) is 0 Å². The van der Waals surface area contributed by atoms with Gasteiger partial charge in [-0.05, 0) is 31.2 Å². The molecule has 0 heterocycles. The Morgan fingerprint density at radius 1 is 1.10 bits per heavy atom. The number of nitrogens with one attached hydrogen (secondary N) is 1. The highest BCUT2D eigenvalue weighted by Gasteiger charge is 2.19. The first-order valence-electron chi connectivity index (χ1n) is 9.10. The van der Waals surface area contributed by atoms with E-state index in [4.69, 9.17) is 19.9 Å². The number of nitrogens with zero attached hydrogens (tertiary/aromatic N) is 1. The Balaban J connectivity index is 2.10. The van der Waals surface area contributed by atoms with E-state index in [0.29, 0.717) is 12.1 Å². The van der Waals surface area contributed by atoms with Gasteiger partial charge in [-0.25, -0.2) is 0 Å². The lowest BCUT2D eigenvalue weighted by Crippen LogP contribution is -2.40. The lowest BCUT2D eigenvalue weighted by Gasteiger charge is -2.27. The molecule has 2 aromatic rings. The highest BCUT2D eigenvalue weighted by atomic mass is 16.5. The predicted molar refractivity (Wildman–Crippen MR) is 111 cm³/mol. The molecular weight excluding hydrogens is 374 g/mol. The van der Waals surface area contributed by atoms with Crippen molar-refractivity contribution in [1.29, 1.82) is 0 Å². The average Bonchev–Trinajstić information content (AvgIpc) is 2.74. The molecule has 3 N–H and O–H groups in total. The number of rotatable bonds is 10. The Morgan fingerprint density at radius 3 is 2.21 bits per heavy atom. The maximum atomic E-state index is 12.7. The van der Waals surface area contributed by atoms with Gasteiger partial charge in [0.2, 0.25) is 5.75 Å². The summed E-state index contributed by atoms with van der Waals surface area (Å²) in [6, 6.07) is 13.1. The molecule has 8 nitrogen and oxygen atoms in total. The van der Waals surface area contributed by atoms with Crippen LogP contribution in [0.15, 0.2) is 42.5 Å². The number of para-hydroxylation sites is 1. The Morgan fingerprint density at radius 2 is 1.69 bits per heavy atom. The summed E-state index contributed by atoms with van der Waals surface area (Å²) < 4.78 is 15.9. The number of methoxy groups -OCH3 is 2. The van der Waals surface area contributed by atoms with Crippen molar-refractivity contribution >= 4 is 17.5 Å². The molecule has 0 fully saturated rings. The summed E-state index contributed by atoms with van der Waals surface area (Å²) in [7, 11) is 4.85. The predicted octanol–water partition coefficient (Wildman–Crippen LogP) is 1.82. The van der Waals surface area contributed by atoms with Gasteiger partial charge in [-0.15, -0.1) is 0 Å². The molecule has 2 amide bonds. The minimum absolute atomic E-state index is 0.0725. The molecule has 156 valence electrons. The van der Waals surface area contributed by atoms with E-state index >= 15 is 0 Å². The minimum Gasteiger partial charge on any atom is -0.493 e. The topological polar surface area (TPSA) is 103 Å². The number of anilines is 1. The lowest BCUT2D eigenvalue weighted by molar-refractivity contribution is -0.120. The molecule has 0 saturated heterocycles. The average molecular weight is 401 g/mol. The quantitative estimate of drug-likeness (QED) is 0.630. The van der Waals surface area contributed by atoms with Crippen LogP contribution in [0.2, 0.25) is 0 Å². The van der Waals surface area contributed by atoms with Crippen LogP contribution in [0, 0.1) is 0 Å². The molecule has 0 aliphatic carbocycles. The van der Waals surface area contributed by atoms with Gasteiger partial charge in [0, 0.05) is 30.9 Å². The number of amides is 2. The molecule has 1 unspecified atom stereocenters. The molecule has 0 aromatic heterocycles. The van der Waals surface area contributed by atoms with Crippen molar-refractivity contribution in [3.8, 4) is 17.2 Å². The number of ether oxygens (including phenoxy) is 3. The molecule has 29 heavy (non-hydrogen) atoms. The van der Waals surface area contributed by atoms with Gasteiger partial charge in [-0.1, -0.05) is 18.2 Å². The summed E-state index contributed by atoms with van der Waals surface area (Å²) in [6.45, 7) is 2.13. The van der Waals surface area contributed by atoms with Crippen LogP contribution in [0.1, 0.15) is 17.3 Å². The largest absolute Gasteiger partial charge is 0.493 e. The summed E-state index contributed by atoms with van der Waals surface area (Å²) in [6.07, 6.45) is 0. The van der Waals surface area contributed by atoms with Gasteiger partial charge in [-0.2, -0.15) is 0 Å². The Kier molecular flexibility index (Phi) is 7.70. The van der Waals surface area contributed by atoms with E-state index in [9.17, 15) is 9.59 Å². The summed E-state index contributed by atoms with van der Waals surface area (Å²) in [5.41, 5.74) is 6.53. The number of hydrogen-bond donors (Lipinski definition) is 2. The van der Waals surface area contributed by atoms with Crippen LogP contribution in [0.4, 0.5) is 5.69 Å². The van der Waals surface area contributed by atoms with Crippen LogP contribution in [-0.4, -0.2) is 52.3 Å². The number of nitrogens with two attached hydrogens (primary N) is 1. The number of carbonyl (C=O) groups excluding carboxylic acids is 2. The van der Waals surface area contributed by atoms with Gasteiger partial charge < -0.3 is 30.2 Å². The van der Waals surface area contributed by atoms with E-state index in [1.54, 1.807) is 0 Å². The summed E-state index contributed by atoms with van der Waals surface area (Å²) in [5, 5.41) is 2.92. The van der Waals surface area contributed by atoms with Gasteiger partial charge in [-0.3, -0.25) is 9.59 Å². The van der Waals surface area contributed by atoms with Crippen molar-refractivity contribution in [2.45, 2.75) is 13.0 Å². The zero-order chi connectivity index (χ0) is 21.4. The number of likely N-dealkylation sites (N-methyl/N-ethyl adjacent to an activating group) is 1. The monoisotopic (exact) mass is 401 g/mol. The Bertz CT molecular complexity index is 816. The number of primary amides is 1. The van der Waals surface area contributed by atoms with Crippen molar-refractivity contribution in [3.05, 3.63) is 48.0 Å². The van der Waals surface area contributed by atoms with Crippen LogP contribution in [-0.2, 0) is 4.79 Å². The molecule has 0 bridgehead atoms. The Hall–Kier alpha value is -3.42. The molecule has 1 atom stereocenters. The van der Waals surface area contributed by atoms with E-state index in [1.165, 1.54) is 26.4 Å². The molecule has 0 spiro atoms. The number of benzene rings is 2. The zero-order valence-electron chi connectivity index (χ0n) is 17.1. The maximum Gasteiger partial charge on any atom is 0.255 e. The molecule has 0 saturated carbocycles. The standard InChI is InChI=1S/C21H27N3O5/c1-14(24(2)16-8-6-5-7-9-16)12-23-21(26)15-10-17(27-3)20(18(11-15)28-4)29-13-19(22)25/h5-11,14H,12-13H2,1-4H3,(H2,22,25)(H,23,26). The summed E-state index contributed by atoms with van der Waals surface area (Å²) in [4.78, 5) is 25.8. The van der Waals surface area contributed by atoms with Gasteiger partial charge in [0.05, 0.1) is 14.2 Å². The third kappa shape index (κ3) is 5.78. The summed E-state index contributed by atoms with van der Waals surface area (Å²) in [5.74, 6) is -0.165. The lowest BCUT2D eigenvalue weighted by atomic mass is 10.1. The third-order valence-corrected chi connectivity index (χ3v) is 4.46. The van der Waals surface area contributed by atoms with Crippen molar-refractivity contribution < 1.29 is 23.8 Å². The molecule has 0 aliphatic rings. The molecule has 0 radical (unpaired) electrons. The minimum atomic E-state index is -0.632. The molecule has 0 aliphatic heterocycles. The van der Waals surface area contributed by atoms with Gasteiger partial charge >= 0.3 is 0 Å². The normalized spacial score (nSPS) is 11.3. The third-order valence-electron chi connectivity index (χ3n) is 4.46. The second-order valence-electron chi connectivity index (χ2n) is 6.47. The smallest absolute Gasteiger partial charge is 0.255 e. The Labute approximate surface area is 170 Å². The molecule has 8 heteroatoms. The molecular formula is C21H27N3O5. The number of carbonyl (C=O) groups is 2. The highest BCUT2D eigenvalue weighted by Crippen LogP contribution is 2.38. The van der Waals surface area contributed by atoms with Crippen LogP contribution in [0.3, 0.4) is 0 Å². The van der Waals surface area contributed by atoms with Crippen LogP contribution in [0.25, 0.3) is 0 Å². The first-order chi connectivity index (χ1) is 13.9. The fourth-order valence-electron chi connectivity index (χ4n) is 2.69. The van der Waals surface area contributed by atoms with E-state index in [2.05, 4.69) is 10.2 Å². The van der Waals surface area contributed by atoms with Crippen LogP contribution in [0.5, 0.6) is 17.2 Å². The molecule has 2 aromatic carbocycles. The summed E-state index contributed by atoms with van der Waals surface area (Å²) >= 11 is 0. The second-order valence-corrected chi connectivity index (χ2v) is 6.47. The fraction of sp³-hybridized carbons (Fsp3) is 0.333. The van der Waals surface area contributed by atoms with Crippen molar-refractivity contribution in [2.24, 2.45) is 5.73 Å². The van der Waals surface area contributed by atoms with Gasteiger partial charge in [0.1, 0.15) is 0 Å². The van der Waals surface area contributed by atoms with Gasteiger partial charge in [0.25, 0.3) is 11.8 Å². The van der Waals surface area contributed by atoms with E-state index in [0.717, 1.165) is 5.69 Å². The van der Waals surface area contributed by atoms with Crippen molar-refractivity contribution in [1.82, 2.24) is 5.32 Å². The van der Waals surface area contributed by atoms with E-state index in [-0.39, 0.29) is 35.8 Å². The van der Waals surface area contributed by atoms with E-state index < -0.39 is 5.91 Å². The first kappa shape index (κ1) is 21.9. The molecule has 2 rings (SSSR count). The van der Waals surface area contributed by atoms with Crippen LogP contribution >= 0.6 is 0 Å². The van der Waals surface area contributed by atoms with Crippen molar-refractivity contribution in [2.75, 3.05) is 39.3 Å². The van der Waals surface area contributed by atoms with Crippen LogP contribution < -0.4 is 30.2 Å².